The van der Waals surface area contributed by atoms with Gasteiger partial charge in [-0.15, -0.1) is 0 Å². The van der Waals surface area contributed by atoms with Gasteiger partial charge in [0, 0.05) is 29.9 Å². The minimum absolute atomic E-state index is 0.185. The Morgan fingerprint density at radius 3 is 2.67 bits per heavy atom. The van der Waals surface area contributed by atoms with Crippen molar-refractivity contribution in [3.63, 3.8) is 0 Å². The van der Waals surface area contributed by atoms with Gasteiger partial charge in [0.1, 0.15) is 17.3 Å². The summed E-state index contributed by atoms with van der Waals surface area (Å²) < 4.78 is 17.7. The van der Waals surface area contributed by atoms with Crippen molar-refractivity contribution in [3.8, 4) is 0 Å². The van der Waals surface area contributed by atoms with E-state index in [1.54, 1.807) is 19.9 Å². The highest BCUT2D eigenvalue weighted by Gasteiger charge is 2.75. The summed E-state index contributed by atoms with van der Waals surface area (Å²) in [6.07, 6.45) is 2.51. The first kappa shape index (κ1) is 18.7. The number of rotatable bonds is 3. The Bertz CT molecular complexity index is 770. The van der Waals surface area contributed by atoms with Crippen molar-refractivity contribution < 1.29 is 34.0 Å². The second kappa shape index (κ2) is 5.65. The Balaban J connectivity index is 1.88. The van der Waals surface area contributed by atoms with Crippen LogP contribution in [0.25, 0.3) is 0 Å². The summed E-state index contributed by atoms with van der Waals surface area (Å²) in [7, 11) is 0. The number of carbonyl (C=O) groups excluding carboxylic acids is 2. The fourth-order valence-electron chi connectivity index (χ4n) is 5.08. The van der Waals surface area contributed by atoms with E-state index in [4.69, 9.17) is 14.2 Å². The van der Waals surface area contributed by atoms with Gasteiger partial charge in [0.2, 0.25) is 5.78 Å². The van der Waals surface area contributed by atoms with Gasteiger partial charge in [-0.1, -0.05) is 13.8 Å². The van der Waals surface area contributed by atoms with Crippen molar-refractivity contribution in [2.45, 2.75) is 64.1 Å². The molecule has 27 heavy (non-hydrogen) atoms. The van der Waals surface area contributed by atoms with Crippen LogP contribution < -0.4 is 0 Å². The molecule has 2 N–H and O–H groups in total. The lowest BCUT2D eigenvalue weighted by molar-refractivity contribution is -0.267. The third-order valence-electron chi connectivity index (χ3n) is 7.01. The molecule has 0 aromatic carbocycles. The second-order valence-corrected chi connectivity index (χ2v) is 8.52. The molecule has 2 bridgehead atoms. The Morgan fingerprint density at radius 1 is 1.33 bits per heavy atom. The molecule has 0 spiro atoms. The molecule has 4 rings (SSSR count). The van der Waals surface area contributed by atoms with E-state index in [1.807, 2.05) is 13.8 Å². The van der Waals surface area contributed by atoms with Gasteiger partial charge in [0.25, 0.3) is 0 Å². The van der Waals surface area contributed by atoms with Crippen LogP contribution in [-0.4, -0.2) is 52.2 Å². The number of ether oxygens (including phenoxy) is 3. The molecular formula is C20H26O7. The van der Waals surface area contributed by atoms with Crippen molar-refractivity contribution >= 4 is 11.8 Å². The van der Waals surface area contributed by atoms with E-state index in [0.29, 0.717) is 17.8 Å². The van der Waals surface area contributed by atoms with Gasteiger partial charge in [-0.3, -0.25) is 9.59 Å². The minimum Gasteiger partial charge on any atom is -0.479 e. The maximum Gasteiger partial charge on any atom is 0.318 e. The van der Waals surface area contributed by atoms with Crippen LogP contribution in [0.4, 0.5) is 0 Å². The molecule has 0 aromatic rings. The van der Waals surface area contributed by atoms with Crippen LogP contribution in [-0.2, 0) is 23.8 Å². The molecule has 4 aliphatic rings. The highest BCUT2D eigenvalue weighted by molar-refractivity contribution is 6.00. The molecule has 7 atom stereocenters. The number of hydrogen-bond donors (Lipinski definition) is 2. The lowest BCUT2D eigenvalue weighted by Gasteiger charge is -2.38. The molecule has 0 saturated carbocycles. The van der Waals surface area contributed by atoms with E-state index in [0.717, 1.165) is 0 Å². The number of aliphatic hydroxyl groups excluding tert-OH is 1. The topological polar surface area (TPSA) is 102 Å². The Hall–Kier alpha value is -1.70. The largest absolute Gasteiger partial charge is 0.479 e. The fourth-order valence-corrected chi connectivity index (χ4v) is 5.08. The predicted molar refractivity (Wildman–Crippen MR) is 93.1 cm³/mol. The zero-order valence-electron chi connectivity index (χ0n) is 16.0. The minimum atomic E-state index is -1.70. The maximum atomic E-state index is 12.9. The van der Waals surface area contributed by atoms with Crippen LogP contribution in [0, 0.1) is 17.3 Å². The smallest absolute Gasteiger partial charge is 0.318 e. The van der Waals surface area contributed by atoms with E-state index in [2.05, 4.69) is 0 Å². The number of fused-ring (bicyclic) bond motifs is 2. The van der Waals surface area contributed by atoms with Crippen molar-refractivity contribution in [2.24, 2.45) is 17.3 Å². The summed E-state index contributed by atoms with van der Waals surface area (Å²) in [6.45, 7) is 6.76. The third-order valence-corrected chi connectivity index (χ3v) is 7.01. The number of esters is 1. The first-order chi connectivity index (χ1) is 12.6. The Morgan fingerprint density at radius 2 is 2.04 bits per heavy atom. The van der Waals surface area contributed by atoms with Gasteiger partial charge in [-0.2, -0.15) is 0 Å². The van der Waals surface area contributed by atoms with Crippen LogP contribution in [0.5, 0.6) is 0 Å². The Kier molecular flexibility index (Phi) is 3.91. The molecule has 4 aliphatic heterocycles. The number of hydrogen-bond acceptors (Lipinski definition) is 7. The zero-order valence-corrected chi connectivity index (χ0v) is 16.0. The van der Waals surface area contributed by atoms with E-state index >= 15 is 0 Å². The first-order valence-corrected chi connectivity index (χ1v) is 9.49. The summed E-state index contributed by atoms with van der Waals surface area (Å²) >= 11 is 0. The SMILES string of the molecule is CC[C@@H](C)[C@@]1(O)O[C@H]2C[C@]3(C)OC(=CC3=O)/C(CO)=C\[C@H]3OC(=O)[C@@]1(C)[C@H]23. The molecule has 0 amide bonds. The summed E-state index contributed by atoms with van der Waals surface area (Å²) in [5.41, 5.74) is -2.04. The summed E-state index contributed by atoms with van der Waals surface area (Å²) in [4.78, 5) is 25.5. The third kappa shape index (κ3) is 2.19. The predicted octanol–water partition coefficient (Wildman–Crippen LogP) is 1.23. The molecule has 0 unspecified atom stereocenters. The van der Waals surface area contributed by atoms with Gasteiger partial charge >= 0.3 is 5.97 Å². The van der Waals surface area contributed by atoms with Crippen LogP contribution in [0.2, 0.25) is 0 Å². The average molecular weight is 378 g/mol. The molecule has 0 aromatic heterocycles. The standard InChI is InChI=1S/C20H26O7/c1-5-10(2)20(24)19(4)16-13(25-17(19)23)6-11(9-21)12-7-15(22)18(3,26-12)8-14(16)27-20/h6-7,10,13-14,16,21,24H,5,8-9H2,1-4H3/b11-6-/t10-,13-,14+,16+,18+,19-,20-/m1/s1. The molecular weight excluding hydrogens is 352 g/mol. The lowest BCUT2D eigenvalue weighted by atomic mass is 9.66. The van der Waals surface area contributed by atoms with E-state index in [1.165, 1.54) is 6.08 Å². The number of ketones is 1. The summed E-state index contributed by atoms with van der Waals surface area (Å²) in [5, 5.41) is 21.3. The van der Waals surface area contributed by atoms with Gasteiger partial charge < -0.3 is 24.4 Å². The maximum absolute atomic E-state index is 12.9. The molecule has 2 saturated heterocycles. The van der Waals surface area contributed by atoms with Crippen LogP contribution in [0.3, 0.4) is 0 Å². The summed E-state index contributed by atoms with van der Waals surface area (Å²) in [6, 6.07) is 0. The zero-order chi connectivity index (χ0) is 19.8. The average Bonchev–Trinajstić information content (AvgIpc) is 3.14. The molecule has 148 valence electrons. The van der Waals surface area contributed by atoms with Crippen LogP contribution >= 0.6 is 0 Å². The van der Waals surface area contributed by atoms with Gasteiger partial charge in [-0.05, 0) is 26.3 Å². The Labute approximate surface area is 158 Å². The van der Waals surface area contributed by atoms with Crippen molar-refractivity contribution in [1.29, 1.82) is 0 Å². The first-order valence-electron chi connectivity index (χ1n) is 9.49. The van der Waals surface area contributed by atoms with E-state index in [9.17, 15) is 19.8 Å². The molecule has 0 aliphatic carbocycles. The highest BCUT2D eigenvalue weighted by atomic mass is 16.7. The molecule has 7 heteroatoms. The van der Waals surface area contributed by atoms with Crippen LogP contribution in [0.15, 0.2) is 23.5 Å². The molecule has 4 heterocycles. The van der Waals surface area contributed by atoms with E-state index in [-0.39, 0.29) is 24.7 Å². The van der Waals surface area contributed by atoms with Crippen molar-refractivity contribution in [2.75, 3.05) is 6.61 Å². The normalized spacial score (nSPS) is 48.4. The van der Waals surface area contributed by atoms with Crippen molar-refractivity contribution in [3.05, 3.63) is 23.5 Å². The lowest BCUT2D eigenvalue weighted by Crippen LogP contribution is -2.53. The van der Waals surface area contributed by atoms with Gasteiger partial charge in [-0.25, -0.2) is 0 Å². The van der Waals surface area contributed by atoms with Crippen molar-refractivity contribution in [1.82, 2.24) is 0 Å². The molecule has 7 nitrogen and oxygen atoms in total. The fraction of sp³-hybridized carbons (Fsp3) is 0.700. The summed E-state index contributed by atoms with van der Waals surface area (Å²) in [5.74, 6) is -2.94. The monoisotopic (exact) mass is 378 g/mol. The highest BCUT2D eigenvalue weighted by Crippen LogP contribution is 2.61. The van der Waals surface area contributed by atoms with E-state index < -0.39 is 40.9 Å². The van der Waals surface area contributed by atoms with Gasteiger partial charge in [0.05, 0.1) is 12.7 Å². The molecule has 2 fully saturated rings. The van der Waals surface area contributed by atoms with Gasteiger partial charge in [0.15, 0.2) is 11.4 Å². The molecule has 0 radical (unpaired) electrons. The van der Waals surface area contributed by atoms with Crippen LogP contribution in [0.1, 0.15) is 40.5 Å². The second-order valence-electron chi connectivity index (χ2n) is 8.52. The quantitative estimate of drug-likeness (QED) is 0.712. The number of aliphatic hydroxyl groups is 2. The number of carbonyl (C=O) groups is 2.